The van der Waals surface area contributed by atoms with Crippen LogP contribution < -0.4 is 0 Å². The molecule has 2 aromatic rings. The fourth-order valence-corrected chi connectivity index (χ4v) is 4.16. The molecule has 2 saturated heterocycles. The van der Waals surface area contributed by atoms with E-state index in [1.807, 2.05) is 29.2 Å². The maximum Gasteiger partial charge on any atom is 0.257 e. The molecule has 1 unspecified atom stereocenters. The SMILES string of the molecule is O=C1C(Sc2nc3ccccc3o2)CCN1C1CCOCC1. The van der Waals surface area contributed by atoms with Gasteiger partial charge in [0.05, 0.1) is 5.25 Å². The molecular formula is C16H18N2O3S. The molecule has 0 radical (unpaired) electrons. The summed E-state index contributed by atoms with van der Waals surface area (Å²) >= 11 is 1.45. The number of thioether (sulfide) groups is 1. The molecule has 6 heteroatoms. The quantitative estimate of drug-likeness (QED) is 0.871. The van der Waals surface area contributed by atoms with Gasteiger partial charge in [-0.05, 0) is 31.4 Å². The van der Waals surface area contributed by atoms with E-state index in [1.54, 1.807) is 0 Å². The minimum absolute atomic E-state index is 0.0732. The summed E-state index contributed by atoms with van der Waals surface area (Å²) in [5, 5.41) is 0.518. The van der Waals surface area contributed by atoms with Gasteiger partial charge in [0.2, 0.25) is 5.91 Å². The van der Waals surface area contributed by atoms with Crippen molar-refractivity contribution < 1.29 is 13.9 Å². The molecule has 1 atom stereocenters. The number of para-hydroxylation sites is 2. The standard InChI is InChI=1S/C16H18N2O3S/c19-15-14(5-8-18(15)11-6-9-20-10-7-11)22-16-17-12-3-1-2-4-13(12)21-16/h1-4,11,14H,5-10H2. The number of aromatic nitrogens is 1. The van der Waals surface area contributed by atoms with E-state index in [9.17, 15) is 4.79 Å². The molecule has 116 valence electrons. The van der Waals surface area contributed by atoms with Crippen LogP contribution in [0.4, 0.5) is 0 Å². The fourth-order valence-electron chi connectivity index (χ4n) is 3.17. The van der Waals surface area contributed by atoms with Gasteiger partial charge in [-0.1, -0.05) is 23.9 Å². The fraction of sp³-hybridized carbons (Fsp3) is 0.500. The summed E-state index contributed by atoms with van der Waals surface area (Å²) in [6.07, 6.45) is 2.76. The van der Waals surface area contributed by atoms with Gasteiger partial charge in [0.25, 0.3) is 5.22 Å². The van der Waals surface area contributed by atoms with E-state index in [-0.39, 0.29) is 11.2 Å². The minimum Gasteiger partial charge on any atom is -0.431 e. The van der Waals surface area contributed by atoms with Crippen molar-refractivity contribution in [2.24, 2.45) is 0 Å². The number of nitrogens with zero attached hydrogens (tertiary/aromatic N) is 2. The van der Waals surface area contributed by atoms with Crippen molar-refractivity contribution in [1.82, 2.24) is 9.88 Å². The van der Waals surface area contributed by atoms with Crippen LogP contribution >= 0.6 is 11.8 Å². The molecule has 0 bridgehead atoms. The first-order valence-electron chi connectivity index (χ1n) is 7.72. The number of carbonyl (C=O) groups excluding carboxylic acids is 1. The summed E-state index contributed by atoms with van der Waals surface area (Å²) in [7, 11) is 0. The third-order valence-electron chi connectivity index (χ3n) is 4.34. The van der Waals surface area contributed by atoms with Gasteiger partial charge >= 0.3 is 0 Å². The average molecular weight is 318 g/mol. The number of rotatable bonds is 3. The topological polar surface area (TPSA) is 55.6 Å². The van der Waals surface area contributed by atoms with Crippen molar-refractivity contribution in [2.75, 3.05) is 19.8 Å². The van der Waals surface area contributed by atoms with Crippen molar-refractivity contribution in [3.05, 3.63) is 24.3 Å². The van der Waals surface area contributed by atoms with Crippen molar-refractivity contribution >= 4 is 28.8 Å². The lowest BCUT2D eigenvalue weighted by Gasteiger charge is -2.31. The normalized spacial score (nSPS) is 23.5. The smallest absolute Gasteiger partial charge is 0.257 e. The highest BCUT2D eigenvalue weighted by Crippen LogP contribution is 2.34. The van der Waals surface area contributed by atoms with Gasteiger partial charge in [-0.2, -0.15) is 0 Å². The Balaban J connectivity index is 1.46. The minimum atomic E-state index is -0.0732. The summed E-state index contributed by atoms with van der Waals surface area (Å²) in [4.78, 5) is 19.1. The zero-order valence-corrected chi connectivity index (χ0v) is 13.1. The number of fused-ring (bicyclic) bond motifs is 1. The summed E-state index contributed by atoms with van der Waals surface area (Å²) in [6, 6.07) is 8.03. The second-order valence-electron chi connectivity index (χ2n) is 5.72. The number of ether oxygens (including phenoxy) is 1. The van der Waals surface area contributed by atoms with Crippen molar-refractivity contribution in [2.45, 2.75) is 35.8 Å². The number of amides is 1. The van der Waals surface area contributed by atoms with Gasteiger partial charge in [-0.25, -0.2) is 4.98 Å². The summed E-state index contributed by atoms with van der Waals surface area (Å²) in [6.45, 7) is 2.36. The van der Waals surface area contributed by atoms with E-state index in [0.717, 1.165) is 50.1 Å². The number of hydrogen-bond acceptors (Lipinski definition) is 5. The lowest BCUT2D eigenvalue weighted by Crippen LogP contribution is -2.41. The van der Waals surface area contributed by atoms with Gasteiger partial charge in [-0.3, -0.25) is 4.79 Å². The second kappa shape index (κ2) is 5.93. The third kappa shape index (κ3) is 2.61. The molecule has 1 aromatic heterocycles. The number of carbonyl (C=O) groups is 1. The molecule has 4 rings (SSSR count). The van der Waals surface area contributed by atoms with E-state index in [1.165, 1.54) is 11.8 Å². The van der Waals surface area contributed by atoms with Crippen LogP contribution in [0.25, 0.3) is 11.1 Å². The van der Waals surface area contributed by atoms with Gasteiger partial charge in [0.1, 0.15) is 5.52 Å². The van der Waals surface area contributed by atoms with E-state index in [0.29, 0.717) is 11.3 Å². The first-order valence-corrected chi connectivity index (χ1v) is 8.60. The molecule has 2 aliphatic rings. The maximum absolute atomic E-state index is 12.6. The molecule has 22 heavy (non-hydrogen) atoms. The molecule has 2 fully saturated rings. The lowest BCUT2D eigenvalue weighted by molar-refractivity contribution is -0.130. The molecule has 2 aliphatic heterocycles. The Morgan fingerprint density at radius 1 is 1.18 bits per heavy atom. The van der Waals surface area contributed by atoms with Gasteiger partial charge in [0.15, 0.2) is 5.58 Å². The predicted octanol–water partition coefficient (Wildman–Crippen LogP) is 2.70. The van der Waals surface area contributed by atoms with E-state index < -0.39 is 0 Å². The van der Waals surface area contributed by atoms with E-state index in [4.69, 9.17) is 9.15 Å². The van der Waals surface area contributed by atoms with Crippen molar-refractivity contribution in [3.63, 3.8) is 0 Å². The van der Waals surface area contributed by atoms with Gasteiger partial charge in [-0.15, -0.1) is 0 Å². The number of oxazole rings is 1. The molecule has 0 N–H and O–H groups in total. The van der Waals surface area contributed by atoms with Crippen LogP contribution in [0.15, 0.2) is 33.9 Å². The molecule has 0 spiro atoms. The van der Waals surface area contributed by atoms with E-state index >= 15 is 0 Å². The van der Waals surface area contributed by atoms with Crippen LogP contribution in [0.3, 0.4) is 0 Å². The highest BCUT2D eigenvalue weighted by molar-refractivity contribution is 8.00. The first kappa shape index (κ1) is 14.1. The zero-order chi connectivity index (χ0) is 14.9. The Morgan fingerprint density at radius 3 is 2.82 bits per heavy atom. The zero-order valence-electron chi connectivity index (χ0n) is 12.2. The summed E-state index contributed by atoms with van der Waals surface area (Å²) in [5.74, 6) is 0.221. The molecule has 0 saturated carbocycles. The van der Waals surface area contributed by atoms with Crippen LogP contribution in [0.5, 0.6) is 0 Å². The summed E-state index contributed by atoms with van der Waals surface area (Å²) < 4.78 is 11.1. The number of hydrogen-bond donors (Lipinski definition) is 0. The lowest BCUT2D eigenvalue weighted by atomic mass is 10.1. The Bertz CT molecular complexity index is 648. The highest BCUT2D eigenvalue weighted by atomic mass is 32.2. The Kier molecular flexibility index (Phi) is 3.80. The van der Waals surface area contributed by atoms with Gasteiger partial charge < -0.3 is 14.1 Å². The van der Waals surface area contributed by atoms with Crippen LogP contribution in [0, 0.1) is 0 Å². The monoisotopic (exact) mass is 318 g/mol. The van der Waals surface area contributed by atoms with Gasteiger partial charge in [0, 0.05) is 25.8 Å². The number of benzene rings is 1. The maximum atomic E-state index is 12.6. The predicted molar refractivity (Wildman–Crippen MR) is 83.8 cm³/mol. The number of likely N-dealkylation sites (tertiary alicyclic amines) is 1. The average Bonchev–Trinajstić information content (AvgIpc) is 3.12. The van der Waals surface area contributed by atoms with E-state index in [2.05, 4.69) is 4.98 Å². The Hall–Kier alpha value is -1.53. The largest absolute Gasteiger partial charge is 0.431 e. The molecule has 0 aliphatic carbocycles. The van der Waals surface area contributed by atoms with Crippen LogP contribution in [0.1, 0.15) is 19.3 Å². The third-order valence-corrected chi connectivity index (χ3v) is 5.44. The van der Waals surface area contributed by atoms with Crippen LogP contribution in [-0.2, 0) is 9.53 Å². The highest BCUT2D eigenvalue weighted by Gasteiger charge is 2.37. The Morgan fingerprint density at radius 2 is 2.00 bits per heavy atom. The second-order valence-corrected chi connectivity index (χ2v) is 6.87. The van der Waals surface area contributed by atoms with Crippen LogP contribution in [0.2, 0.25) is 0 Å². The molecular weight excluding hydrogens is 300 g/mol. The van der Waals surface area contributed by atoms with Crippen molar-refractivity contribution in [3.8, 4) is 0 Å². The van der Waals surface area contributed by atoms with Crippen LogP contribution in [-0.4, -0.2) is 46.8 Å². The first-order chi connectivity index (χ1) is 10.8. The molecule has 5 nitrogen and oxygen atoms in total. The summed E-state index contributed by atoms with van der Waals surface area (Å²) in [5.41, 5.74) is 1.62. The molecule has 1 aromatic carbocycles. The molecule has 3 heterocycles. The molecule has 1 amide bonds. The van der Waals surface area contributed by atoms with Crippen molar-refractivity contribution in [1.29, 1.82) is 0 Å². The Labute approximate surface area is 133 Å².